The van der Waals surface area contributed by atoms with Crippen LogP contribution in [-0.2, 0) is 4.79 Å². The van der Waals surface area contributed by atoms with Crippen LogP contribution in [0.5, 0.6) is 0 Å². The van der Waals surface area contributed by atoms with E-state index in [2.05, 4.69) is 0 Å². The Bertz CT molecular complexity index is 692. The standard InChI is InChI=1S/C15H11NO4/c17-15(18)10-9-11-5-1-2-6-12(11)13-7-3-4-8-14(13)16(19)20/h1-10H,(H,17,18)/b10-9+. The van der Waals surface area contributed by atoms with Gasteiger partial charge in [0.2, 0.25) is 0 Å². The Morgan fingerprint density at radius 3 is 2.30 bits per heavy atom. The highest BCUT2D eigenvalue weighted by Crippen LogP contribution is 2.32. The number of carbonyl (C=O) groups is 1. The summed E-state index contributed by atoms with van der Waals surface area (Å²) in [6.45, 7) is 0. The molecule has 0 aliphatic carbocycles. The van der Waals surface area contributed by atoms with Gasteiger partial charge in [-0.3, -0.25) is 10.1 Å². The molecule has 1 N–H and O–H groups in total. The van der Waals surface area contributed by atoms with Crippen molar-refractivity contribution in [1.82, 2.24) is 0 Å². The average molecular weight is 269 g/mol. The van der Waals surface area contributed by atoms with Crippen molar-refractivity contribution in [2.75, 3.05) is 0 Å². The summed E-state index contributed by atoms with van der Waals surface area (Å²) in [6, 6.07) is 13.3. The van der Waals surface area contributed by atoms with Gasteiger partial charge in [-0.05, 0) is 23.3 Å². The SMILES string of the molecule is O=C(O)/C=C/c1ccccc1-c1ccccc1[N+](=O)[O-]. The first-order valence-corrected chi connectivity index (χ1v) is 5.83. The number of nitrogens with zero attached hydrogens (tertiary/aromatic N) is 1. The zero-order valence-corrected chi connectivity index (χ0v) is 10.4. The van der Waals surface area contributed by atoms with Crippen molar-refractivity contribution in [3.63, 3.8) is 0 Å². The van der Waals surface area contributed by atoms with Crippen LogP contribution >= 0.6 is 0 Å². The Morgan fingerprint density at radius 1 is 1.05 bits per heavy atom. The Kier molecular flexibility index (Phi) is 3.91. The lowest BCUT2D eigenvalue weighted by molar-refractivity contribution is -0.384. The molecule has 0 unspecified atom stereocenters. The predicted molar refractivity (Wildman–Crippen MR) is 75.2 cm³/mol. The van der Waals surface area contributed by atoms with Crippen LogP contribution < -0.4 is 0 Å². The highest BCUT2D eigenvalue weighted by molar-refractivity contribution is 5.89. The minimum absolute atomic E-state index is 0.0105. The molecule has 0 fully saturated rings. The molecule has 0 spiro atoms. The third-order valence-corrected chi connectivity index (χ3v) is 2.76. The molecule has 0 heterocycles. The molecule has 5 nitrogen and oxygen atoms in total. The Balaban J connectivity index is 2.59. The maximum absolute atomic E-state index is 11.1. The third kappa shape index (κ3) is 2.89. The van der Waals surface area contributed by atoms with E-state index in [1.165, 1.54) is 12.1 Å². The molecule has 0 amide bonds. The third-order valence-electron chi connectivity index (χ3n) is 2.76. The lowest BCUT2D eigenvalue weighted by atomic mass is 9.98. The van der Waals surface area contributed by atoms with Crippen LogP contribution in [0.4, 0.5) is 5.69 Å². The van der Waals surface area contributed by atoms with Crippen LogP contribution in [0.25, 0.3) is 17.2 Å². The zero-order chi connectivity index (χ0) is 14.5. The van der Waals surface area contributed by atoms with Gasteiger partial charge in [0, 0.05) is 12.1 Å². The molecule has 0 atom stereocenters. The minimum Gasteiger partial charge on any atom is -0.478 e. The Hall–Kier alpha value is -2.95. The summed E-state index contributed by atoms with van der Waals surface area (Å²) in [5, 5.41) is 19.7. The molecular weight excluding hydrogens is 258 g/mol. The molecule has 0 bridgehead atoms. The first-order chi connectivity index (χ1) is 9.59. The number of rotatable bonds is 4. The van der Waals surface area contributed by atoms with Crippen molar-refractivity contribution in [2.24, 2.45) is 0 Å². The van der Waals surface area contributed by atoms with Crippen molar-refractivity contribution in [2.45, 2.75) is 0 Å². The summed E-state index contributed by atoms with van der Waals surface area (Å²) in [7, 11) is 0. The van der Waals surface area contributed by atoms with E-state index in [-0.39, 0.29) is 5.69 Å². The fourth-order valence-electron chi connectivity index (χ4n) is 1.91. The fraction of sp³-hybridized carbons (Fsp3) is 0. The van der Waals surface area contributed by atoms with Crippen LogP contribution in [0.2, 0.25) is 0 Å². The summed E-state index contributed by atoms with van der Waals surface area (Å²) >= 11 is 0. The van der Waals surface area contributed by atoms with E-state index in [0.29, 0.717) is 16.7 Å². The van der Waals surface area contributed by atoms with E-state index < -0.39 is 10.9 Å². The second-order valence-corrected chi connectivity index (χ2v) is 4.03. The molecule has 0 aromatic heterocycles. The largest absolute Gasteiger partial charge is 0.478 e. The number of nitro benzene ring substituents is 1. The van der Waals surface area contributed by atoms with Gasteiger partial charge in [-0.2, -0.15) is 0 Å². The van der Waals surface area contributed by atoms with Gasteiger partial charge in [-0.1, -0.05) is 36.4 Å². The summed E-state index contributed by atoms with van der Waals surface area (Å²) in [5.41, 5.74) is 1.69. The molecular formula is C15H11NO4. The predicted octanol–water partition coefficient (Wildman–Crippen LogP) is 3.36. The quantitative estimate of drug-likeness (QED) is 0.524. The number of hydrogen-bond acceptors (Lipinski definition) is 3. The van der Waals surface area contributed by atoms with Gasteiger partial charge in [-0.25, -0.2) is 4.79 Å². The van der Waals surface area contributed by atoms with Gasteiger partial charge in [0.1, 0.15) is 0 Å². The Morgan fingerprint density at radius 2 is 1.65 bits per heavy atom. The maximum Gasteiger partial charge on any atom is 0.328 e. The molecule has 2 rings (SSSR count). The number of carboxylic acid groups (broad SMARTS) is 1. The fourth-order valence-corrected chi connectivity index (χ4v) is 1.91. The number of aliphatic carboxylic acids is 1. The normalized spacial score (nSPS) is 10.6. The highest BCUT2D eigenvalue weighted by Gasteiger charge is 2.15. The van der Waals surface area contributed by atoms with Gasteiger partial charge >= 0.3 is 5.97 Å². The van der Waals surface area contributed by atoms with Gasteiger partial charge in [0.15, 0.2) is 0 Å². The van der Waals surface area contributed by atoms with Crippen LogP contribution in [0.1, 0.15) is 5.56 Å². The van der Waals surface area contributed by atoms with Gasteiger partial charge in [0.05, 0.1) is 10.5 Å². The summed E-state index contributed by atoms with van der Waals surface area (Å²) < 4.78 is 0. The van der Waals surface area contributed by atoms with Crippen LogP contribution in [0.15, 0.2) is 54.6 Å². The lowest BCUT2D eigenvalue weighted by Crippen LogP contribution is -1.93. The molecule has 0 radical (unpaired) electrons. The molecule has 20 heavy (non-hydrogen) atoms. The molecule has 0 aliphatic heterocycles. The molecule has 0 saturated carbocycles. The van der Waals surface area contributed by atoms with Crippen molar-refractivity contribution >= 4 is 17.7 Å². The van der Waals surface area contributed by atoms with Crippen molar-refractivity contribution in [1.29, 1.82) is 0 Å². The van der Waals surface area contributed by atoms with Crippen molar-refractivity contribution in [3.05, 3.63) is 70.3 Å². The number of hydrogen-bond donors (Lipinski definition) is 1. The molecule has 0 saturated heterocycles. The molecule has 5 heteroatoms. The number of nitro groups is 1. The summed E-state index contributed by atoms with van der Waals surface area (Å²) in [6.07, 6.45) is 2.43. The molecule has 0 aliphatic rings. The highest BCUT2D eigenvalue weighted by atomic mass is 16.6. The topological polar surface area (TPSA) is 80.4 Å². The van der Waals surface area contributed by atoms with Crippen molar-refractivity contribution in [3.8, 4) is 11.1 Å². The summed E-state index contributed by atoms with van der Waals surface area (Å²) in [4.78, 5) is 21.2. The van der Waals surface area contributed by atoms with E-state index in [9.17, 15) is 14.9 Å². The van der Waals surface area contributed by atoms with Crippen molar-refractivity contribution < 1.29 is 14.8 Å². The van der Waals surface area contributed by atoms with Crippen LogP contribution in [0, 0.1) is 10.1 Å². The van der Waals surface area contributed by atoms with E-state index in [1.807, 2.05) is 0 Å². The maximum atomic E-state index is 11.1. The smallest absolute Gasteiger partial charge is 0.328 e. The van der Waals surface area contributed by atoms with E-state index in [1.54, 1.807) is 42.5 Å². The second kappa shape index (κ2) is 5.79. The lowest BCUT2D eigenvalue weighted by Gasteiger charge is -2.06. The monoisotopic (exact) mass is 269 g/mol. The van der Waals surface area contributed by atoms with E-state index in [0.717, 1.165) is 6.08 Å². The summed E-state index contributed by atoms with van der Waals surface area (Å²) in [5.74, 6) is -1.07. The van der Waals surface area contributed by atoms with Crippen LogP contribution in [-0.4, -0.2) is 16.0 Å². The first-order valence-electron chi connectivity index (χ1n) is 5.83. The number of carboxylic acids is 1. The molecule has 2 aromatic carbocycles. The van der Waals surface area contributed by atoms with Gasteiger partial charge in [-0.15, -0.1) is 0 Å². The molecule has 2 aromatic rings. The minimum atomic E-state index is -1.07. The number of benzene rings is 2. The number of para-hydroxylation sites is 1. The Labute approximate surface area is 115 Å². The van der Waals surface area contributed by atoms with Crippen LogP contribution in [0.3, 0.4) is 0 Å². The molecule has 100 valence electrons. The average Bonchev–Trinajstić information content (AvgIpc) is 2.45. The van der Waals surface area contributed by atoms with E-state index in [4.69, 9.17) is 5.11 Å². The first kappa shape index (κ1) is 13.5. The van der Waals surface area contributed by atoms with Gasteiger partial charge in [0.25, 0.3) is 5.69 Å². The second-order valence-electron chi connectivity index (χ2n) is 4.03. The zero-order valence-electron chi connectivity index (χ0n) is 10.4. The van der Waals surface area contributed by atoms with E-state index >= 15 is 0 Å². The van der Waals surface area contributed by atoms with Gasteiger partial charge < -0.3 is 5.11 Å².